The quantitative estimate of drug-likeness (QED) is 0.823. The van der Waals surface area contributed by atoms with Crippen molar-refractivity contribution in [3.05, 3.63) is 65.7 Å². The molecule has 1 fully saturated rings. The Kier molecular flexibility index (Phi) is 4.22. The van der Waals surface area contributed by atoms with Crippen molar-refractivity contribution in [2.45, 2.75) is 31.0 Å². The van der Waals surface area contributed by atoms with Gasteiger partial charge in [-0.3, -0.25) is 0 Å². The van der Waals surface area contributed by atoms with Gasteiger partial charge >= 0.3 is 12.2 Å². The van der Waals surface area contributed by atoms with Gasteiger partial charge in [-0.2, -0.15) is 13.2 Å². The summed E-state index contributed by atoms with van der Waals surface area (Å²) in [4.78, 5) is 12.2. The molecule has 0 heterocycles. The molecule has 1 aliphatic carbocycles. The molecule has 126 valence electrons. The Morgan fingerprint density at radius 2 is 1.58 bits per heavy atom. The van der Waals surface area contributed by atoms with Crippen molar-refractivity contribution in [2.24, 2.45) is 0 Å². The number of alkyl halides is 3. The highest BCUT2D eigenvalue weighted by molar-refractivity contribution is 5.90. The monoisotopic (exact) mass is 334 g/mol. The van der Waals surface area contributed by atoms with Crippen LogP contribution in [0.15, 0.2) is 54.6 Å². The van der Waals surface area contributed by atoms with Crippen LogP contribution in [0, 0.1) is 0 Å². The number of hydrogen-bond acceptors (Lipinski definition) is 1. The molecule has 0 bridgehead atoms. The molecule has 0 spiro atoms. The Hall–Kier alpha value is -2.50. The van der Waals surface area contributed by atoms with Crippen molar-refractivity contribution in [3.8, 4) is 0 Å². The number of benzene rings is 2. The zero-order valence-electron chi connectivity index (χ0n) is 12.9. The molecule has 24 heavy (non-hydrogen) atoms. The summed E-state index contributed by atoms with van der Waals surface area (Å²) in [7, 11) is 0. The molecule has 3 rings (SSSR count). The molecule has 2 amide bonds. The van der Waals surface area contributed by atoms with E-state index >= 15 is 0 Å². The van der Waals surface area contributed by atoms with Crippen LogP contribution in [0.5, 0.6) is 0 Å². The molecule has 6 heteroatoms. The molecule has 0 saturated heterocycles. The number of halogens is 3. The number of anilines is 1. The topological polar surface area (TPSA) is 41.1 Å². The summed E-state index contributed by atoms with van der Waals surface area (Å²) < 4.78 is 37.6. The highest BCUT2D eigenvalue weighted by Gasteiger charge is 2.40. The van der Waals surface area contributed by atoms with Crippen LogP contribution in [0.25, 0.3) is 0 Å². The van der Waals surface area contributed by atoms with Crippen molar-refractivity contribution in [2.75, 3.05) is 5.32 Å². The molecule has 0 aromatic heterocycles. The SMILES string of the molecule is O=C(Nc1ccc(C(F)(F)F)cc1)NC1(c2ccccc2)CCC1. The zero-order chi connectivity index (χ0) is 17.2. The standard InChI is InChI=1S/C18H17F3N2O/c19-18(20,21)14-7-9-15(10-8-14)22-16(24)23-17(11-4-12-17)13-5-2-1-3-6-13/h1-3,5-10H,4,11-12H2,(H2,22,23,24). The molecule has 1 aliphatic rings. The lowest BCUT2D eigenvalue weighted by molar-refractivity contribution is -0.137. The third kappa shape index (κ3) is 3.37. The van der Waals surface area contributed by atoms with Crippen molar-refractivity contribution < 1.29 is 18.0 Å². The average molecular weight is 334 g/mol. The summed E-state index contributed by atoms with van der Waals surface area (Å²) >= 11 is 0. The van der Waals surface area contributed by atoms with E-state index in [2.05, 4.69) is 10.6 Å². The van der Waals surface area contributed by atoms with Crippen molar-refractivity contribution in [3.63, 3.8) is 0 Å². The van der Waals surface area contributed by atoms with Crippen molar-refractivity contribution in [1.82, 2.24) is 5.32 Å². The summed E-state index contributed by atoms with van der Waals surface area (Å²) in [5, 5.41) is 5.56. The van der Waals surface area contributed by atoms with E-state index in [4.69, 9.17) is 0 Å². The maximum Gasteiger partial charge on any atom is 0.416 e. The predicted octanol–water partition coefficient (Wildman–Crippen LogP) is 4.91. The van der Waals surface area contributed by atoms with Gasteiger partial charge in [0.2, 0.25) is 0 Å². The number of carbonyl (C=O) groups excluding carboxylic acids is 1. The van der Waals surface area contributed by atoms with Gasteiger partial charge in [0, 0.05) is 5.69 Å². The van der Waals surface area contributed by atoms with Crippen LogP contribution in [0.1, 0.15) is 30.4 Å². The number of hydrogen-bond donors (Lipinski definition) is 2. The van der Waals surface area contributed by atoms with Crippen molar-refractivity contribution >= 4 is 11.7 Å². The minimum Gasteiger partial charge on any atom is -0.328 e. The molecular weight excluding hydrogens is 317 g/mol. The lowest BCUT2D eigenvalue weighted by Crippen LogP contribution is -2.52. The first-order chi connectivity index (χ1) is 11.4. The van der Waals surface area contributed by atoms with Crippen LogP contribution in [-0.2, 0) is 11.7 Å². The van der Waals surface area contributed by atoms with E-state index in [9.17, 15) is 18.0 Å². The van der Waals surface area contributed by atoms with Crippen LogP contribution in [0.3, 0.4) is 0 Å². The van der Waals surface area contributed by atoms with Crippen LogP contribution < -0.4 is 10.6 Å². The minimum absolute atomic E-state index is 0.322. The first-order valence-corrected chi connectivity index (χ1v) is 7.71. The fraction of sp³-hybridized carbons (Fsp3) is 0.278. The second-order valence-corrected chi connectivity index (χ2v) is 5.96. The fourth-order valence-electron chi connectivity index (χ4n) is 2.90. The normalized spacial score (nSPS) is 16.1. The van der Waals surface area contributed by atoms with Gasteiger partial charge in [-0.1, -0.05) is 30.3 Å². The Morgan fingerprint density at radius 1 is 0.958 bits per heavy atom. The van der Waals surface area contributed by atoms with Crippen molar-refractivity contribution in [1.29, 1.82) is 0 Å². The Balaban J connectivity index is 1.67. The number of amides is 2. The Morgan fingerprint density at radius 3 is 2.08 bits per heavy atom. The molecule has 3 nitrogen and oxygen atoms in total. The van der Waals surface area contributed by atoms with E-state index in [1.165, 1.54) is 12.1 Å². The lowest BCUT2D eigenvalue weighted by atomic mass is 9.72. The van der Waals surface area contributed by atoms with Crippen LogP contribution in [0.2, 0.25) is 0 Å². The van der Waals surface area contributed by atoms with Gasteiger partial charge in [-0.25, -0.2) is 4.79 Å². The molecule has 2 N–H and O–H groups in total. The summed E-state index contributed by atoms with van der Waals surface area (Å²) in [6.45, 7) is 0. The number of carbonyl (C=O) groups is 1. The maximum absolute atomic E-state index is 12.5. The van der Waals surface area contributed by atoms with E-state index < -0.39 is 23.3 Å². The van der Waals surface area contributed by atoms with E-state index in [1.807, 2.05) is 30.3 Å². The molecule has 0 atom stereocenters. The number of rotatable bonds is 3. The van der Waals surface area contributed by atoms with Crippen LogP contribution in [0.4, 0.5) is 23.7 Å². The fourth-order valence-corrected chi connectivity index (χ4v) is 2.90. The van der Waals surface area contributed by atoms with Crippen LogP contribution >= 0.6 is 0 Å². The third-order valence-electron chi connectivity index (χ3n) is 4.36. The first-order valence-electron chi connectivity index (χ1n) is 7.71. The first kappa shape index (κ1) is 16.4. The predicted molar refractivity (Wildman–Crippen MR) is 85.6 cm³/mol. The summed E-state index contributed by atoms with van der Waals surface area (Å²) in [6, 6.07) is 13.7. The highest BCUT2D eigenvalue weighted by atomic mass is 19.4. The zero-order valence-corrected chi connectivity index (χ0v) is 12.9. The van der Waals surface area contributed by atoms with E-state index in [-0.39, 0.29) is 0 Å². The molecule has 2 aromatic rings. The number of urea groups is 1. The van der Waals surface area contributed by atoms with E-state index in [0.29, 0.717) is 5.69 Å². The van der Waals surface area contributed by atoms with Gasteiger partial charge in [0.1, 0.15) is 0 Å². The molecular formula is C18H17F3N2O. The molecule has 0 radical (unpaired) electrons. The maximum atomic E-state index is 12.5. The minimum atomic E-state index is -4.38. The Bertz CT molecular complexity index is 707. The van der Waals surface area contributed by atoms with Gasteiger partial charge in [0.15, 0.2) is 0 Å². The lowest BCUT2D eigenvalue weighted by Gasteiger charge is -2.43. The molecule has 2 aromatic carbocycles. The van der Waals surface area contributed by atoms with Gasteiger partial charge in [-0.05, 0) is 49.1 Å². The Labute approximate surface area is 137 Å². The van der Waals surface area contributed by atoms with Gasteiger partial charge in [-0.15, -0.1) is 0 Å². The molecule has 0 unspecified atom stereocenters. The van der Waals surface area contributed by atoms with Crippen LogP contribution in [-0.4, -0.2) is 6.03 Å². The third-order valence-corrected chi connectivity index (χ3v) is 4.36. The largest absolute Gasteiger partial charge is 0.416 e. The second kappa shape index (κ2) is 6.19. The van der Waals surface area contributed by atoms with E-state index in [1.54, 1.807) is 0 Å². The average Bonchev–Trinajstić information content (AvgIpc) is 2.51. The smallest absolute Gasteiger partial charge is 0.328 e. The molecule has 0 aliphatic heterocycles. The van der Waals surface area contributed by atoms with Gasteiger partial charge in [0.05, 0.1) is 11.1 Å². The second-order valence-electron chi connectivity index (χ2n) is 5.96. The summed E-state index contributed by atoms with van der Waals surface area (Å²) in [5.74, 6) is 0. The van der Waals surface area contributed by atoms with Gasteiger partial charge < -0.3 is 10.6 Å². The van der Waals surface area contributed by atoms with E-state index in [0.717, 1.165) is 37.0 Å². The number of nitrogens with one attached hydrogen (secondary N) is 2. The van der Waals surface area contributed by atoms with Gasteiger partial charge in [0.25, 0.3) is 0 Å². The molecule has 1 saturated carbocycles. The summed E-state index contributed by atoms with van der Waals surface area (Å²) in [6.07, 6.45) is -1.67. The highest BCUT2D eigenvalue weighted by Crippen LogP contribution is 2.41. The summed E-state index contributed by atoms with van der Waals surface area (Å²) in [5.41, 5.74) is 0.229.